The first kappa shape index (κ1) is 21.1. The van der Waals surface area contributed by atoms with Crippen LogP contribution in [0, 0.1) is 13.8 Å². The molecular formula is C20H15B2Cl2NO4. The van der Waals surface area contributed by atoms with Crippen LogP contribution < -0.4 is 15.6 Å². The fraction of sp³-hybridized carbons (Fsp3) is 0.100. The molecular weight excluding hydrogens is 411 g/mol. The van der Waals surface area contributed by atoms with E-state index in [1.165, 1.54) is 27.2 Å². The minimum Gasteiger partial charge on any atom is -0.555 e. The molecule has 1 N–H and O–H groups in total. The summed E-state index contributed by atoms with van der Waals surface area (Å²) >= 11 is 12.1. The van der Waals surface area contributed by atoms with Crippen LogP contribution in [0.25, 0.3) is 0 Å². The maximum absolute atomic E-state index is 12.3. The number of hydrogen-bond donors (Lipinski definition) is 1. The Balaban J connectivity index is 1.67. The SMILES string of the molecule is Cc1ccc([B]OC(=O)c2nccc(O[B]c3ccc(C)c(Cl)c3)c2O)cc1Cl. The monoisotopic (exact) mass is 425 g/mol. The molecule has 3 rings (SSSR count). The molecule has 0 saturated heterocycles. The highest BCUT2D eigenvalue weighted by atomic mass is 35.5. The van der Waals surface area contributed by atoms with E-state index in [4.69, 9.17) is 32.5 Å². The van der Waals surface area contributed by atoms with Crippen molar-refractivity contribution in [3.05, 3.63) is 75.5 Å². The first-order chi connectivity index (χ1) is 13.8. The average Bonchev–Trinajstić information content (AvgIpc) is 2.70. The lowest BCUT2D eigenvalue weighted by molar-refractivity contribution is 0.0734. The van der Waals surface area contributed by atoms with Crippen molar-refractivity contribution in [2.24, 2.45) is 0 Å². The van der Waals surface area contributed by atoms with E-state index in [0.29, 0.717) is 21.0 Å². The fourth-order valence-corrected chi connectivity index (χ4v) is 2.73. The van der Waals surface area contributed by atoms with Gasteiger partial charge in [-0.1, -0.05) is 47.5 Å². The third-order valence-electron chi connectivity index (χ3n) is 4.10. The summed E-state index contributed by atoms with van der Waals surface area (Å²) in [6.45, 7) is 3.76. The molecule has 0 fully saturated rings. The number of halogens is 2. The van der Waals surface area contributed by atoms with Crippen LogP contribution >= 0.6 is 23.2 Å². The van der Waals surface area contributed by atoms with E-state index >= 15 is 0 Å². The van der Waals surface area contributed by atoms with Gasteiger partial charge < -0.3 is 14.4 Å². The summed E-state index contributed by atoms with van der Waals surface area (Å²) in [6.07, 6.45) is 1.34. The van der Waals surface area contributed by atoms with Crippen molar-refractivity contribution in [2.75, 3.05) is 0 Å². The molecule has 0 aliphatic rings. The van der Waals surface area contributed by atoms with Gasteiger partial charge in [0.2, 0.25) is 0 Å². The standard InChI is InChI=1S/C20H15B2Cl2NO4/c1-11-3-5-13(9-15(11)23)21-28-17-7-8-25-18(19(17)26)20(27)29-22-14-6-4-12(2)16(24)10-14/h3-10,26H,1-2H3. The van der Waals surface area contributed by atoms with E-state index in [2.05, 4.69) is 4.98 Å². The average molecular weight is 426 g/mol. The number of aryl methyl sites for hydroxylation is 2. The van der Waals surface area contributed by atoms with Gasteiger partial charge in [0, 0.05) is 22.3 Å². The highest BCUT2D eigenvalue weighted by Gasteiger charge is 2.19. The number of pyridine rings is 1. The van der Waals surface area contributed by atoms with E-state index < -0.39 is 11.7 Å². The van der Waals surface area contributed by atoms with Gasteiger partial charge in [0.1, 0.15) is 5.75 Å². The Labute approximate surface area is 180 Å². The lowest BCUT2D eigenvalue weighted by atomic mass is 9.87. The normalized spacial score (nSPS) is 10.3. The third kappa shape index (κ3) is 5.25. The van der Waals surface area contributed by atoms with Gasteiger partial charge in [0.15, 0.2) is 11.4 Å². The summed E-state index contributed by atoms with van der Waals surface area (Å²) in [5, 5.41) is 11.5. The summed E-state index contributed by atoms with van der Waals surface area (Å²) in [7, 11) is 2.65. The maximum Gasteiger partial charge on any atom is 0.413 e. The highest BCUT2D eigenvalue weighted by molar-refractivity contribution is 6.50. The molecule has 5 nitrogen and oxygen atoms in total. The van der Waals surface area contributed by atoms with Crippen molar-refractivity contribution in [1.29, 1.82) is 0 Å². The van der Waals surface area contributed by atoms with E-state index in [1.807, 2.05) is 26.0 Å². The van der Waals surface area contributed by atoms with Crippen LogP contribution in [0.1, 0.15) is 21.6 Å². The molecule has 0 bridgehead atoms. The topological polar surface area (TPSA) is 68.7 Å². The molecule has 1 heterocycles. The number of rotatable bonds is 6. The molecule has 9 heteroatoms. The van der Waals surface area contributed by atoms with Crippen LogP contribution in [0.5, 0.6) is 11.5 Å². The highest BCUT2D eigenvalue weighted by Crippen LogP contribution is 2.28. The first-order valence-corrected chi connectivity index (χ1v) is 9.35. The van der Waals surface area contributed by atoms with Gasteiger partial charge >= 0.3 is 20.9 Å². The zero-order valence-corrected chi connectivity index (χ0v) is 17.2. The zero-order valence-electron chi connectivity index (χ0n) is 15.6. The van der Waals surface area contributed by atoms with Crippen molar-refractivity contribution in [2.45, 2.75) is 13.8 Å². The van der Waals surface area contributed by atoms with E-state index in [9.17, 15) is 9.90 Å². The predicted molar refractivity (Wildman–Crippen MR) is 115 cm³/mol. The van der Waals surface area contributed by atoms with Gasteiger partial charge in [-0.3, -0.25) is 0 Å². The lowest BCUT2D eigenvalue weighted by Gasteiger charge is -2.11. The Morgan fingerprint density at radius 3 is 2.14 bits per heavy atom. The van der Waals surface area contributed by atoms with Crippen LogP contribution in [0.3, 0.4) is 0 Å². The van der Waals surface area contributed by atoms with Crippen molar-refractivity contribution in [3.8, 4) is 11.5 Å². The molecule has 144 valence electrons. The van der Waals surface area contributed by atoms with Gasteiger partial charge in [-0.2, -0.15) is 0 Å². The molecule has 3 aromatic rings. The second-order valence-corrected chi connectivity index (χ2v) is 7.10. The molecule has 2 aromatic carbocycles. The molecule has 0 amide bonds. The van der Waals surface area contributed by atoms with Crippen molar-refractivity contribution in [3.63, 3.8) is 0 Å². The molecule has 0 aliphatic heterocycles. The number of carbonyl (C=O) groups excluding carboxylic acids is 1. The number of nitrogens with zero attached hydrogens (tertiary/aromatic N) is 1. The fourth-order valence-electron chi connectivity index (χ4n) is 2.35. The zero-order chi connectivity index (χ0) is 21.0. The Hall–Kier alpha value is -2.63. The van der Waals surface area contributed by atoms with Crippen LogP contribution in [0.4, 0.5) is 0 Å². The minimum absolute atomic E-state index is 0.0574. The first-order valence-electron chi connectivity index (χ1n) is 8.59. The van der Waals surface area contributed by atoms with Gasteiger partial charge in [-0.25, -0.2) is 9.78 Å². The molecule has 2 radical (unpaired) electrons. The van der Waals surface area contributed by atoms with Gasteiger partial charge in [0.05, 0.1) is 0 Å². The number of carbonyl (C=O) groups is 1. The summed E-state index contributed by atoms with van der Waals surface area (Å²) in [5.41, 5.74) is 2.88. The van der Waals surface area contributed by atoms with Crippen LogP contribution in [0.15, 0.2) is 48.7 Å². The van der Waals surface area contributed by atoms with Crippen LogP contribution in [0.2, 0.25) is 10.0 Å². The molecule has 1 aromatic heterocycles. The molecule has 0 atom stereocenters. The number of benzene rings is 2. The number of aromatic nitrogens is 1. The lowest BCUT2D eigenvalue weighted by Crippen LogP contribution is -2.22. The Morgan fingerprint density at radius 1 is 0.966 bits per heavy atom. The molecule has 29 heavy (non-hydrogen) atoms. The van der Waals surface area contributed by atoms with Crippen LogP contribution in [-0.2, 0) is 4.65 Å². The summed E-state index contributed by atoms with van der Waals surface area (Å²) in [5.74, 6) is -1.20. The summed E-state index contributed by atoms with van der Waals surface area (Å²) in [4.78, 5) is 16.2. The number of aromatic hydroxyl groups is 1. The molecule has 0 aliphatic carbocycles. The molecule has 0 unspecified atom stereocenters. The van der Waals surface area contributed by atoms with E-state index in [0.717, 1.165) is 11.1 Å². The summed E-state index contributed by atoms with van der Waals surface area (Å²) in [6, 6.07) is 12.0. The second kappa shape index (κ2) is 9.25. The molecule has 0 saturated carbocycles. The minimum atomic E-state index is -0.831. The molecule has 0 spiro atoms. The largest absolute Gasteiger partial charge is 0.555 e. The van der Waals surface area contributed by atoms with Crippen molar-refractivity contribution < 1.29 is 19.2 Å². The van der Waals surface area contributed by atoms with Gasteiger partial charge in [0.25, 0.3) is 0 Å². The quantitative estimate of drug-likeness (QED) is 0.614. The second-order valence-electron chi connectivity index (χ2n) is 6.28. The van der Waals surface area contributed by atoms with Crippen molar-refractivity contribution >= 4 is 55.1 Å². The smallest absolute Gasteiger partial charge is 0.413 e. The summed E-state index contributed by atoms with van der Waals surface area (Å²) < 4.78 is 10.6. The van der Waals surface area contributed by atoms with E-state index in [1.54, 1.807) is 24.3 Å². The third-order valence-corrected chi connectivity index (χ3v) is 4.91. The van der Waals surface area contributed by atoms with Gasteiger partial charge in [-0.05, 0) is 48.0 Å². The Kier molecular flexibility index (Phi) is 6.72. The maximum atomic E-state index is 12.3. The van der Waals surface area contributed by atoms with Crippen LogP contribution in [-0.4, -0.2) is 31.0 Å². The van der Waals surface area contributed by atoms with E-state index in [-0.39, 0.29) is 11.4 Å². The predicted octanol–water partition coefficient (Wildman–Crippen LogP) is 3.14. The Bertz CT molecular complexity index is 1060. The van der Waals surface area contributed by atoms with Crippen molar-refractivity contribution in [1.82, 2.24) is 4.98 Å². The Morgan fingerprint density at radius 2 is 1.55 bits per heavy atom. The van der Waals surface area contributed by atoms with Gasteiger partial charge in [-0.15, -0.1) is 0 Å². The number of hydrogen-bond acceptors (Lipinski definition) is 5.